The number of carbonyl (C=O) groups is 1. The van der Waals surface area contributed by atoms with Crippen molar-refractivity contribution in [2.45, 2.75) is 37.1 Å². The summed E-state index contributed by atoms with van der Waals surface area (Å²) in [7, 11) is -0.744. The Morgan fingerprint density at radius 3 is 2.71 bits per heavy atom. The second-order valence-corrected chi connectivity index (χ2v) is 4.49. The van der Waals surface area contributed by atoms with Crippen LogP contribution in [0.4, 0.5) is 0 Å². The first-order valence-corrected chi connectivity index (χ1v) is 5.43. The van der Waals surface area contributed by atoms with E-state index in [0.717, 1.165) is 25.8 Å². The Kier molecular flexibility index (Phi) is 3.98. The highest BCUT2D eigenvalue weighted by Crippen LogP contribution is 2.28. The minimum atomic E-state index is -2.13. The minimum absolute atomic E-state index is 0.00656. The number of carboxylic acid groups (broad SMARTS) is 1. The highest BCUT2D eigenvalue weighted by atomic mass is 31.1. The van der Waals surface area contributed by atoms with Crippen molar-refractivity contribution < 1.29 is 19.6 Å². The maximum atomic E-state index is 10.6. The zero-order valence-electron chi connectivity index (χ0n) is 7.77. The van der Waals surface area contributed by atoms with E-state index in [9.17, 15) is 14.5 Å². The topological polar surface area (TPSA) is 86.6 Å². The molecular weight excluding hydrogens is 205 g/mol. The highest BCUT2D eigenvalue weighted by molar-refractivity contribution is 7.27. The van der Waals surface area contributed by atoms with E-state index in [1.165, 1.54) is 0 Å². The molecule has 1 aliphatic rings. The average molecular weight is 219 g/mol. The van der Waals surface area contributed by atoms with Gasteiger partial charge in [-0.25, -0.2) is 4.79 Å². The summed E-state index contributed by atoms with van der Waals surface area (Å²) in [6.07, 6.45) is 2.90. The van der Waals surface area contributed by atoms with Gasteiger partial charge in [-0.2, -0.15) is 0 Å². The van der Waals surface area contributed by atoms with Gasteiger partial charge in [-0.15, -0.1) is 0 Å². The van der Waals surface area contributed by atoms with Crippen molar-refractivity contribution in [1.82, 2.24) is 5.32 Å². The van der Waals surface area contributed by atoms with Crippen LogP contribution in [-0.2, 0) is 9.36 Å². The fourth-order valence-corrected chi connectivity index (χ4v) is 1.98. The third kappa shape index (κ3) is 2.74. The van der Waals surface area contributed by atoms with Crippen LogP contribution in [0.1, 0.15) is 25.7 Å². The van der Waals surface area contributed by atoms with Crippen molar-refractivity contribution in [2.75, 3.05) is 6.54 Å². The fourth-order valence-electron chi connectivity index (χ4n) is 1.61. The van der Waals surface area contributed by atoms with Gasteiger partial charge in [0, 0.05) is 12.5 Å². The summed E-state index contributed by atoms with van der Waals surface area (Å²) in [4.78, 5) is 10.6. The van der Waals surface area contributed by atoms with Crippen molar-refractivity contribution in [3.63, 3.8) is 0 Å². The Bertz CT molecular complexity index is 229. The summed E-state index contributed by atoms with van der Waals surface area (Å²) >= 11 is 0. The molecule has 0 radical (unpaired) electrons. The second-order valence-electron chi connectivity index (χ2n) is 3.56. The molecule has 3 N–H and O–H groups in total. The van der Waals surface area contributed by atoms with Crippen molar-refractivity contribution in [3.05, 3.63) is 0 Å². The minimum Gasteiger partial charge on any atom is -0.479 e. The predicted octanol–water partition coefficient (Wildman–Crippen LogP) is 0.583. The summed E-state index contributed by atoms with van der Waals surface area (Å²) in [6.45, 7) is 0.829. The molecule has 1 heterocycles. The Labute approximate surface area is 83.7 Å². The fraction of sp³-hybridized carbons (Fsp3) is 0.875. The first-order chi connectivity index (χ1) is 6.58. The van der Waals surface area contributed by atoms with Crippen LogP contribution in [0.2, 0.25) is 0 Å². The van der Waals surface area contributed by atoms with Gasteiger partial charge in [0.15, 0.2) is 0 Å². The van der Waals surface area contributed by atoms with Crippen LogP contribution in [0, 0.1) is 0 Å². The average Bonchev–Trinajstić information content (AvgIpc) is 2.19. The number of hydrogen-bond donors (Lipinski definition) is 3. The zero-order valence-corrected chi connectivity index (χ0v) is 8.67. The molecule has 1 saturated heterocycles. The lowest BCUT2D eigenvalue weighted by atomic mass is 9.99. The maximum Gasteiger partial charge on any atom is 0.348 e. The van der Waals surface area contributed by atoms with Crippen LogP contribution in [0.15, 0.2) is 0 Å². The lowest BCUT2D eigenvalue weighted by molar-refractivity contribution is -0.150. The Morgan fingerprint density at radius 2 is 2.29 bits per heavy atom. The molecule has 80 valence electrons. The number of piperidine rings is 1. The van der Waals surface area contributed by atoms with E-state index >= 15 is 0 Å². The molecule has 14 heavy (non-hydrogen) atoms. The van der Waals surface area contributed by atoms with Crippen LogP contribution < -0.4 is 5.32 Å². The molecule has 2 unspecified atom stereocenters. The van der Waals surface area contributed by atoms with Gasteiger partial charge < -0.3 is 15.5 Å². The summed E-state index contributed by atoms with van der Waals surface area (Å²) in [6, 6.07) is -0.0497. The number of aliphatic carboxylic acids is 1. The van der Waals surface area contributed by atoms with Crippen LogP contribution in [0.25, 0.3) is 0 Å². The van der Waals surface area contributed by atoms with Crippen molar-refractivity contribution in [2.24, 2.45) is 0 Å². The third-order valence-electron chi connectivity index (χ3n) is 2.44. The van der Waals surface area contributed by atoms with Gasteiger partial charge in [0.05, 0.1) is 0 Å². The van der Waals surface area contributed by atoms with Gasteiger partial charge in [0.25, 0.3) is 0 Å². The molecule has 6 heteroatoms. The Balaban J connectivity index is 2.54. The number of hydrogen-bond acceptors (Lipinski definition) is 4. The van der Waals surface area contributed by atoms with Crippen molar-refractivity contribution >= 4 is 14.4 Å². The number of carboxylic acids is 1. The molecule has 2 atom stereocenters. The molecule has 0 aromatic carbocycles. The van der Waals surface area contributed by atoms with Crippen molar-refractivity contribution in [1.29, 1.82) is 0 Å². The molecule has 0 aromatic rings. The monoisotopic (exact) mass is 219 g/mol. The van der Waals surface area contributed by atoms with Gasteiger partial charge in [0.2, 0.25) is 13.8 Å². The first kappa shape index (κ1) is 11.6. The molecule has 0 aromatic heterocycles. The van der Waals surface area contributed by atoms with E-state index < -0.39 is 19.8 Å². The molecule has 0 bridgehead atoms. The number of rotatable bonds is 4. The summed E-state index contributed by atoms with van der Waals surface area (Å²) < 4.78 is 10.6. The molecule has 0 saturated carbocycles. The SMILES string of the molecule is O=PC(O)(CC1CCCCN1)C(=O)O. The Hall–Kier alpha value is -0.510. The molecular formula is C8H14NO4P. The largest absolute Gasteiger partial charge is 0.479 e. The summed E-state index contributed by atoms with van der Waals surface area (Å²) in [5.41, 5.74) is 0. The standard InChI is InChI=1S/C8H14NO4P/c10-7(11)8(12,14-13)5-6-3-1-2-4-9-6/h6,9,12H,1-5H2,(H,10,11). The summed E-state index contributed by atoms with van der Waals surface area (Å²) in [5, 5.41) is 19.1. The van der Waals surface area contributed by atoms with E-state index in [2.05, 4.69) is 5.32 Å². The summed E-state index contributed by atoms with van der Waals surface area (Å²) in [5.74, 6) is -1.43. The third-order valence-corrected chi connectivity index (χ3v) is 3.11. The Morgan fingerprint density at radius 1 is 1.57 bits per heavy atom. The number of aliphatic hydroxyl groups is 1. The highest BCUT2D eigenvalue weighted by Gasteiger charge is 2.39. The van der Waals surface area contributed by atoms with Crippen LogP contribution >= 0.6 is 8.46 Å². The number of nitrogens with one attached hydrogen (secondary N) is 1. The lowest BCUT2D eigenvalue weighted by Gasteiger charge is -2.27. The van der Waals surface area contributed by atoms with Crippen molar-refractivity contribution in [3.8, 4) is 0 Å². The quantitative estimate of drug-likeness (QED) is 0.602. The maximum absolute atomic E-state index is 10.6. The molecule has 0 amide bonds. The smallest absolute Gasteiger partial charge is 0.348 e. The molecule has 1 rings (SSSR count). The molecule has 0 spiro atoms. The molecule has 1 aliphatic heterocycles. The van der Waals surface area contributed by atoms with Crippen LogP contribution in [0.3, 0.4) is 0 Å². The van der Waals surface area contributed by atoms with E-state index in [4.69, 9.17) is 5.11 Å². The lowest BCUT2D eigenvalue weighted by Crippen LogP contribution is -2.43. The van der Waals surface area contributed by atoms with Crippen LogP contribution in [-0.4, -0.2) is 34.1 Å². The van der Waals surface area contributed by atoms with Gasteiger partial charge in [-0.3, -0.25) is 4.57 Å². The van der Waals surface area contributed by atoms with Crippen LogP contribution in [0.5, 0.6) is 0 Å². The van der Waals surface area contributed by atoms with Gasteiger partial charge in [-0.05, 0) is 19.4 Å². The van der Waals surface area contributed by atoms with E-state index in [0.29, 0.717) is 0 Å². The molecule has 1 fully saturated rings. The first-order valence-electron chi connectivity index (χ1n) is 4.62. The van der Waals surface area contributed by atoms with E-state index in [-0.39, 0.29) is 12.5 Å². The normalized spacial score (nSPS) is 27.1. The zero-order chi connectivity index (χ0) is 10.6. The predicted molar refractivity (Wildman–Crippen MR) is 50.5 cm³/mol. The van der Waals surface area contributed by atoms with Gasteiger partial charge in [0.1, 0.15) is 0 Å². The van der Waals surface area contributed by atoms with Gasteiger partial charge in [-0.1, -0.05) is 6.42 Å². The molecule has 0 aliphatic carbocycles. The van der Waals surface area contributed by atoms with Gasteiger partial charge >= 0.3 is 5.97 Å². The second kappa shape index (κ2) is 4.82. The van der Waals surface area contributed by atoms with E-state index in [1.54, 1.807) is 0 Å². The molecule has 5 nitrogen and oxygen atoms in total. The van der Waals surface area contributed by atoms with E-state index in [1.807, 2.05) is 0 Å².